The molecule has 140 valence electrons. The van der Waals surface area contributed by atoms with Crippen LogP contribution >= 0.6 is 0 Å². The third-order valence-electron chi connectivity index (χ3n) is 3.59. The third kappa shape index (κ3) is 5.52. The van der Waals surface area contributed by atoms with Gasteiger partial charge in [0.2, 0.25) is 0 Å². The van der Waals surface area contributed by atoms with Crippen LogP contribution in [0.25, 0.3) is 10.9 Å². The van der Waals surface area contributed by atoms with Crippen LogP contribution in [-0.2, 0) is 4.79 Å². The molecule has 0 fully saturated rings. The molecule has 27 heavy (non-hydrogen) atoms. The summed E-state index contributed by atoms with van der Waals surface area (Å²) in [6.45, 7) is 1.60. The average Bonchev–Trinajstić information content (AvgIpc) is 2.72. The van der Waals surface area contributed by atoms with E-state index in [1.807, 2.05) is 24.3 Å². The predicted octanol–water partition coefficient (Wildman–Crippen LogP) is 2.47. The minimum absolute atomic E-state index is 0.165. The number of para-hydroxylation sites is 1. The number of nitrogens with zero attached hydrogens (tertiary/aromatic N) is 2. The zero-order chi connectivity index (χ0) is 19.6. The van der Waals surface area contributed by atoms with E-state index in [1.165, 1.54) is 0 Å². The van der Waals surface area contributed by atoms with Gasteiger partial charge in [-0.3, -0.25) is 9.78 Å². The lowest BCUT2D eigenvalue weighted by atomic mass is 10.1. The van der Waals surface area contributed by atoms with E-state index >= 15 is 0 Å². The molecule has 0 saturated carbocycles. The maximum Gasteiger partial charge on any atom is 0.277 e. The minimum atomic E-state index is -0.369. The van der Waals surface area contributed by atoms with Gasteiger partial charge in [-0.2, -0.15) is 5.10 Å². The van der Waals surface area contributed by atoms with Gasteiger partial charge in [-0.1, -0.05) is 18.2 Å². The first-order valence-corrected chi connectivity index (χ1v) is 8.17. The number of ether oxygens (including phenoxy) is 1. The number of aromatic hydroxyl groups is 1. The Morgan fingerprint density at radius 2 is 1.81 bits per heavy atom. The van der Waals surface area contributed by atoms with Gasteiger partial charge >= 0.3 is 0 Å². The highest BCUT2D eigenvalue weighted by molar-refractivity contribution is 5.99. The van der Waals surface area contributed by atoms with Gasteiger partial charge in [-0.05, 0) is 48.9 Å². The van der Waals surface area contributed by atoms with Crippen molar-refractivity contribution in [3.05, 3.63) is 66.4 Å². The number of hydrogen-bond donors (Lipinski definition) is 3. The van der Waals surface area contributed by atoms with Crippen LogP contribution in [0.3, 0.4) is 0 Å². The van der Waals surface area contributed by atoms with E-state index in [9.17, 15) is 9.90 Å². The topological polar surface area (TPSA) is 104 Å². The first kappa shape index (κ1) is 19.9. The second kappa shape index (κ2) is 9.88. The Morgan fingerprint density at radius 3 is 2.56 bits per heavy atom. The number of hydrogen-bond acceptors (Lipinski definition) is 6. The summed E-state index contributed by atoms with van der Waals surface area (Å²) in [5.41, 5.74) is 4.59. The molecule has 1 amide bonds. The van der Waals surface area contributed by atoms with Crippen molar-refractivity contribution >= 4 is 22.5 Å². The Morgan fingerprint density at radius 1 is 1.11 bits per heavy atom. The fraction of sp³-hybridized carbons (Fsp3) is 0.150. The second-order valence-corrected chi connectivity index (χ2v) is 5.40. The number of benzene rings is 2. The largest absolute Gasteiger partial charge is 0.508 e. The van der Waals surface area contributed by atoms with Gasteiger partial charge in [0.1, 0.15) is 17.0 Å². The summed E-state index contributed by atoms with van der Waals surface area (Å²) >= 11 is 0. The second-order valence-electron chi connectivity index (χ2n) is 5.40. The highest BCUT2D eigenvalue weighted by Crippen LogP contribution is 2.22. The van der Waals surface area contributed by atoms with Crippen molar-refractivity contribution in [1.82, 2.24) is 10.4 Å². The number of fused-ring (bicyclic) bond motifs is 1. The van der Waals surface area contributed by atoms with E-state index in [1.54, 1.807) is 43.5 Å². The molecule has 3 rings (SSSR count). The van der Waals surface area contributed by atoms with Crippen molar-refractivity contribution < 1.29 is 19.7 Å². The first-order chi connectivity index (χ1) is 13.1. The number of hydrazone groups is 1. The number of carbonyl (C=O) groups excluding carboxylic acids is 1. The Balaban J connectivity index is 0.00000126. The maximum atomic E-state index is 11.9. The zero-order valence-electron chi connectivity index (χ0n) is 15.1. The van der Waals surface area contributed by atoms with Crippen molar-refractivity contribution in [2.45, 2.75) is 6.92 Å². The Bertz CT molecular complexity index is 919. The zero-order valence-corrected chi connectivity index (χ0v) is 15.1. The van der Waals surface area contributed by atoms with Gasteiger partial charge in [0.15, 0.2) is 6.61 Å². The summed E-state index contributed by atoms with van der Waals surface area (Å²) in [6, 6.07) is 15.9. The van der Waals surface area contributed by atoms with E-state index in [0.717, 1.165) is 18.1 Å². The molecule has 7 heteroatoms. The number of phenols is 1. The van der Waals surface area contributed by atoms with Crippen LogP contribution in [0.15, 0.2) is 65.9 Å². The van der Waals surface area contributed by atoms with E-state index in [4.69, 9.17) is 9.84 Å². The Labute approximate surface area is 156 Å². The molecule has 3 aromatic rings. The highest BCUT2D eigenvalue weighted by atomic mass is 16.5. The van der Waals surface area contributed by atoms with Gasteiger partial charge < -0.3 is 14.9 Å². The molecule has 1 heterocycles. The Hall–Kier alpha value is -3.45. The fourth-order valence-corrected chi connectivity index (χ4v) is 2.28. The number of rotatable bonds is 5. The normalized spacial score (nSPS) is 10.7. The molecule has 2 aromatic carbocycles. The van der Waals surface area contributed by atoms with Gasteiger partial charge in [-0.25, -0.2) is 5.43 Å². The Kier molecular flexibility index (Phi) is 7.27. The summed E-state index contributed by atoms with van der Waals surface area (Å²) in [5.74, 6) is 0.358. The molecule has 0 aliphatic rings. The number of aliphatic hydroxyl groups is 1. The molecule has 0 aliphatic heterocycles. The number of nitrogens with one attached hydrogen (secondary N) is 1. The van der Waals surface area contributed by atoms with Crippen LogP contribution in [0.4, 0.5) is 0 Å². The number of amides is 1. The van der Waals surface area contributed by atoms with Crippen molar-refractivity contribution in [2.24, 2.45) is 5.10 Å². The van der Waals surface area contributed by atoms with Crippen molar-refractivity contribution in [3.8, 4) is 11.5 Å². The van der Waals surface area contributed by atoms with Crippen LogP contribution in [0.5, 0.6) is 11.5 Å². The summed E-state index contributed by atoms with van der Waals surface area (Å²) in [7, 11) is 1.00. The molecule has 0 unspecified atom stereocenters. The van der Waals surface area contributed by atoms with Gasteiger partial charge in [0.25, 0.3) is 5.91 Å². The number of pyridine rings is 1. The van der Waals surface area contributed by atoms with Gasteiger partial charge in [-0.15, -0.1) is 0 Å². The maximum absolute atomic E-state index is 11.9. The molecule has 3 N–H and O–H groups in total. The van der Waals surface area contributed by atoms with Gasteiger partial charge in [0, 0.05) is 18.7 Å². The van der Waals surface area contributed by atoms with E-state index in [2.05, 4.69) is 15.5 Å². The van der Waals surface area contributed by atoms with E-state index in [-0.39, 0.29) is 18.3 Å². The summed E-state index contributed by atoms with van der Waals surface area (Å²) in [5, 5.41) is 21.3. The molecular weight excluding hydrogens is 346 g/mol. The number of aliphatic hydroxyl groups excluding tert-OH is 1. The molecule has 7 nitrogen and oxygen atoms in total. The van der Waals surface area contributed by atoms with Crippen molar-refractivity contribution in [2.75, 3.05) is 13.7 Å². The first-order valence-electron chi connectivity index (χ1n) is 8.17. The molecule has 0 radical (unpaired) electrons. The molecule has 0 bridgehead atoms. The van der Waals surface area contributed by atoms with Gasteiger partial charge in [0.05, 0.1) is 5.71 Å². The number of aromatic nitrogens is 1. The van der Waals surface area contributed by atoms with E-state index < -0.39 is 0 Å². The molecule has 0 saturated heterocycles. The lowest BCUT2D eigenvalue weighted by Crippen LogP contribution is -2.25. The predicted molar refractivity (Wildman–Crippen MR) is 104 cm³/mol. The SMILES string of the molecule is C/C(=N\NC(=O)COc1cccc2cccnc12)c1ccc(O)cc1.CO. The highest BCUT2D eigenvalue weighted by Gasteiger charge is 2.06. The van der Waals surface area contributed by atoms with Crippen LogP contribution in [0.1, 0.15) is 12.5 Å². The van der Waals surface area contributed by atoms with Crippen LogP contribution < -0.4 is 10.2 Å². The minimum Gasteiger partial charge on any atom is -0.508 e. The average molecular weight is 367 g/mol. The van der Waals surface area contributed by atoms with Crippen LogP contribution in [0, 0.1) is 0 Å². The van der Waals surface area contributed by atoms with E-state index in [0.29, 0.717) is 17.0 Å². The van der Waals surface area contributed by atoms with Crippen molar-refractivity contribution in [1.29, 1.82) is 0 Å². The lowest BCUT2D eigenvalue weighted by molar-refractivity contribution is -0.123. The summed E-state index contributed by atoms with van der Waals surface area (Å²) < 4.78 is 5.56. The monoisotopic (exact) mass is 367 g/mol. The molecule has 1 aromatic heterocycles. The quantitative estimate of drug-likeness (QED) is 0.475. The number of carbonyl (C=O) groups is 1. The number of phenolic OH excluding ortho intramolecular Hbond substituents is 1. The molecule has 0 spiro atoms. The summed E-state index contributed by atoms with van der Waals surface area (Å²) in [6.07, 6.45) is 1.68. The molecule has 0 aliphatic carbocycles. The van der Waals surface area contributed by atoms with Crippen LogP contribution in [0.2, 0.25) is 0 Å². The molecular formula is C20H21N3O4. The summed E-state index contributed by atoms with van der Waals surface area (Å²) in [4.78, 5) is 16.2. The third-order valence-corrected chi connectivity index (χ3v) is 3.59. The molecule has 0 atom stereocenters. The van der Waals surface area contributed by atoms with Crippen LogP contribution in [-0.4, -0.2) is 40.5 Å². The fourth-order valence-electron chi connectivity index (χ4n) is 2.28. The van der Waals surface area contributed by atoms with Crippen molar-refractivity contribution in [3.63, 3.8) is 0 Å². The standard InChI is InChI=1S/C19H17N3O3.CH4O/c1-13(14-7-9-16(23)10-8-14)21-22-18(24)12-25-17-6-2-4-15-5-3-11-20-19(15)17;1-2/h2-11,23H,12H2,1H3,(H,22,24);2H,1H3/b21-13+;. The smallest absolute Gasteiger partial charge is 0.277 e. The lowest BCUT2D eigenvalue weighted by Gasteiger charge is -2.08.